The van der Waals surface area contributed by atoms with Crippen LogP contribution in [0, 0.1) is 24.8 Å². The molecule has 0 unspecified atom stereocenters. The van der Waals surface area contributed by atoms with E-state index < -0.39 is 30.2 Å². The van der Waals surface area contributed by atoms with Gasteiger partial charge in [-0.1, -0.05) is 47.7 Å². The Balaban J connectivity index is 1.97. The van der Waals surface area contributed by atoms with Gasteiger partial charge in [0.2, 0.25) is 11.8 Å². The molecular formula is C27H25F3N8O2. The van der Waals surface area contributed by atoms with Crippen LogP contribution in [0.25, 0.3) is 16.6 Å². The van der Waals surface area contributed by atoms with Gasteiger partial charge in [-0.25, -0.2) is 10.4 Å². The van der Waals surface area contributed by atoms with Crippen molar-refractivity contribution in [3.63, 3.8) is 0 Å². The number of fused-ring (bicyclic) bond motifs is 1. The average Bonchev–Trinajstić information content (AvgIpc) is 3.18. The molecule has 0 aliphatic heterocycles. The number of aromatic nitrogens is 1. The van der Waals surface area contributed by atoms with E-state index in [9.17, 15) is 23.1 Å². The lowest BCUT2D eigenvalue weighted by atomic mass is 10.0. The maximum Gasteiger partial charge on any atom is 0.416 e. The Labute approximate surface area is 226 Å². The first-order valence-electron chi connectivity index (χ1n) is 11.8. The van der Waals surface area contributed by atoms with Crippen LogP contribution < -0.4 is 11.2 Å². The molecule has 0 fully saturated rings. The van der Waals surface area contributed by atoms with E-state index in [1.165, 1.54) is 10.6 Å². The number of benzene rings is 3. The molecule has 0 saturated carbocycles. The van der Waals surface area contributed by atoms with Crippen molar-refractivity contribution in [1.29, 1.82) is 10.9 Å². The van der Waals surface area contributed by atoms with E-state index in [0.717, 1.165) is 23.3 Å². The highest BCUT2D eigenvalue weighted by atomic mass is 19.4. The number of amides is 1. The molecule has 4 rings (SSSR count). The van der Waals surface area contributed by atoms with Crippen molar-refractivity contribution in [2.75, 3.05) is 6.54 Å². The Kier molecular flexibility index (Phi) is 7.57. The lowest BCUT2D eigenvalue weighted by Gasteiger charge is -2.13. The second kappa shape index (κ2) is 10.9. The molecule has 10 nitrogen and oxygen atoms in total. The van der Waals surface area contributed by atoms with Crippen molar-refractivity contribution in [2.45, 2.75) is 20.0 Å². The summed E-state index contributed by atoms with van der Waals surface area (Å²) in [6.07, 6.45) is -4.63. The molecule has 0 bridgehead atoms. The van der Waals surface area contributed by atoms with Gasteiger partial charge in [-0.2, -0.15) is 23.8 Å². The van der Waals surface area contributed by atoms with Crippen LogP contribution in [0.2, 0.25) is 0 Å². The number of halogens is 3. The molecule has 6 N–H and O–H groups in total. The second-order valence-electron chi connectivity index (χ2n) is 9.01. The maximum absolute atomic E-state index is 13.7. The number of hydrogen-bond acceptors (Lipinski definition) is 6. The second-order valence-corrected chi connectivity index (χ2v) is 9.01. The summed E-state index contributed by atoms with van der Waals surface area (Å²) < 4.78 is 42.5. The number of nitrogens with zero attached hydrogens (tertiary/aromatic N) is 4. The number of hydrazone groups is 1. The van der Waals surface area contributed by atoms with Crippen LogP contribution in [0.3, 0.4) is 0 Å². The van der Waals surface area contributed by atoms with Gasteiger partial charge in [0.1, 0.15) is 12.3 Å². The molecule has 4 aromatic rings. The summed E-state index contributed by atoms with van der Waals surface area (Å²) in [6, 6.07) is 17.0. The lowest BCUT2D eigenvalue weighted by molar-refractivity contribution is -0.137. The fraction of sp³-hybridized carbons (Fsp3) is 0.148. The quantitative estimate of drug-likeness (QED) is 0.0952. The Morgan fingerprint density at radius 3 is 2.30 bits per heavy atom. The smallest absolute Gasteiger partial charge is 0.416 e. The van der Waals surface area contributed by atoms with Gasteiger partial charge in [-0.05, 0) is 49.2 Å². The van der Waals surface area contributed by atoms with Crippen molar-refractivity contribution in [1.82, 2.24) is 15.0 Å². The van der Waals surface area contributed by atoms with Crippen molar-refractivity contribution in [2.24, 2.45) is 16.1 Å². The molecule has 13 heteroatoms. The van der Waals surface area contributed by atoms with E-state index in [4.69, 9.17) is 16.7 Å². The van der Waals surface area contributed by atoms with Crippen LogP contribution in [0.1, 0.15) is 27.8 Å². The van der Waals surface area contributed by atoms with Crippen LogP contribution in [-0.2, 0) is 11.0 Å². The Bertz CT molecular complexity index is 1630. The van der Waals surface area contributed by atoms with Gasteiger partial charge in [-0.3, -0.25) is 14.8 Å². The first kappa shape index (κ1) is 27.8. The minimum atomic E-state index is -4.63. The predicted octanol–water partition coefficient (Wildman–Crippen LogP) is 4.98. The molecule has 206 valence electrons. The van der Waals surface area contributed by atoms with Gasteiger partial charge in [0.15, 0.2) is 0 Å². The number of guanidine groups is 1. The third-order valence-corrected chi connectivity index (χ3v) is 6.00. The highest BCUT2D eigenvalue weighted by molar-refractivity contribution is 6.21. The fourth-order valence-corrected chi connectivity index (χ4v) is 4.35. The number of nitrogens with two attached hydrogens (primary N) is 1. The first-order chi connectivity index (χ1) is 18.9. The number of nitrogens with one attached hydrogen (secondary N) is 3. The number of aryl methyl sites for hydroxylation is 2. The molecule has 1 aromatic heterocycles. The van der Waals surface area contributed by atoms with E-state index in [1.54, 1.807) is 42.5 Å². The summed E-state index contributed by atoms with van der Waals surface area (Å²) >= 11 is 0. The van der Waals surface area contributed by atoms with E-state index >= 15 is 0 Å². The van der Waals surface area contributed by atoms with Crippen molar-refractivity contribution in [3.05, 3.63) is 94.5 Å². The van der Waals surface area contributed by atoms with Gasteiger partial charge < -0.3 is 10.8 Å². The lowest BCUT2D eigenvalue weighted by Crippen LogP contribution is -2.39. The van der Waals surface area contributed by atoms with Gasteiger partial charge in [0.05, 0.1) is 16.6 Å². The molecule has 1 amide bonds. The summed E-state index contributed by atoms with van der Waals surface area (Å²) in [5.74, 6) is -1.80. The monoisotopic (exact) mass is 550 g/mol. The van der Waals surface area contributed by atoms with Crippen LogP contribution in [0.4, 0.5) is 13.2 Å². The third-order valence-electron chi connectivity index (χ3n) is 6.00. The molecular weight excluding hydrogens is 525 g/mol. The SMILES string of the molecule is Cc1cc(C)cc(-n2c(O)c(/C(=N/NC(=O)CN(N=N)C(=N)N)c3ccccc3)c3ccc(C(F)(F)F)cc32)c1. The summed E-state index contributed by atoms with van der Waals surface area (Å²) in [6.45, 7) is 3.08. The predicted molar refractivity (Wildman–Crippen MR) is 143 cm³/mol. The molecule has 0 aliphatic rings. The molecule has 0 saturated heterocycles. The molecule has 0 radical (unpaired) electrons. The number of aromatic hydroxyl groups is 1. The summed E-state index contributed by atoms with van der Waals surface area (Å²) in [7, 11) is 0. The molecule has 1 heterocycles. The minimum Gasteiger partial charge on any atom is -0.494 e. The highest BCUT2D eigenvalue weighted by Gasteiger charge is 2.32. The Hall–Kier alpha value is -5.20. The molecule has 0 aliphatic carbocycles. The van der Waals surface area contributed by atoms with E-state index in [1.807, 2.05) is 19.9 Å². The summed E-state index contributed by atoms with van der Waals surface area (Å²) in [5, 5.41) is 27.1. The van der Waals surface area contributed by atoms with Crippen molar-refractivity contribution in [3.8, 4) is 11.6 Å². The van der Waals surface area contributed by atoms with Gasteiger partial charge in [-0.15, -0.1) is 0 Å². The third kappa shape index (κ3) is 5.62. The van der Waals surface area contributed by atoms with Crippen molar-refractivity contribution >= 4 is 28.5 Å². The number of carbonyl (C=O) groups excluding carboxylic acids is 1. The van der Waals surface area contributed by atoms with Crippen LogP contribution >= 0.6 is 0 Å². The van der Waals surface area contributed by atoms with Crippen LogP contribution in [0.5, 0.6) is 5.88 Å². The standard InChI is InChI=1S/C27H25F3N8O2/c1-15-10-16(2)12-19(11-15)38-21-13-18(27(28,29)30)8-9-20(21)23(25(38)40)24(17-6-4-3-5-7-17)35-34-22(39)14-37(36-33)26(31)32/h3-13,33,40H,14H2,1-2H3,(H3,31,32)(H,34,39)/b35-24+,36-33?. The maximum atomic E-state index is 13.7. The van der Waals surface area contributed by atoms with E-state index in [0.29, 0.717) is 16.3 Å². The van der Waals surface area contributed by atoms with Crippen molar-refractivity contribution < 1.29 is 23.1 Å². The zero-order valence-electron chi connectivity index (χ0n) is 21.4. The molecule has 0 atom stereocenters. The largest absolute Gasteiger partial charge is 0.494 e. The van der Waals surface area contributed by atoms with Gasteiger partial charge >= 0.3 is 6.18 Å². The topological polar surface area (TPSA) is 156 Å². The normalized spacial score (nSPS) is 11.9. The molecule has 40 heavy (non-hydrogen) atoms. The highest BCUT2D eigenvalue weighted by Crippen LogP contribution is 2.39. The summed E-state index contributed by atoms with van der Waals surface area (Å²) in [5.41, 5.74) is 16.6. The van der Waals surface area contributed by atoms with Crippen LogP contribution in [0.15, 0.2) is 77.1 Å². The Morgan fingerprint density at radius 2 is 1.73 bits per heavy atom. The van der Waals surface area contributed by atoms with Gasteiger partial charge in [0.25, 0.3) is 5.91 Å². The number of carbonyl (C=O) groups is 1. The fourth-order valence-electron chi connectivity index (χ4n) is 4.35. The zero-order chi connectivity index (χ0) is 29.2. The van der Waals surface area contributed by atoms with E-state index in [-0.39, 0.29) is 28.1 Å². The molecule has 3 aromatic carbocycles. The van der Waals surface area contributed by atoms with Gasteiger partial charge in [0, 0.05) is 16.6 Å². The number of hydrogen-bond donors (Lipinski definition) is 5. The Morgan fingerprint density at radius 1 is 1.07 bits per heavy atom. The number of alkyl halides is 3. The average molecular weight is 551 g/mol. The first-order valence-corrected chi connectivity index (χ1v) is 11.8. The minimum absolute atomic E-state index is 0.0662. The van der Waals surface area contributed by atoms with E-state index in [2.05, 4.69) is 15.8 Å². The molecule has 0 spiro atoms. The number of rotatable bonds is 7. The summed E-state index contributed by atoms with van der Waals surface area (Å²) in [4.78, 5) is 12.5. The van der Waals surface area contributed by atoms with Crippen LogP contribution in [-0.4, -0.2) is 38.8 Å². The zero-order valence-corrected chi connectivity index (χ0v) is 21.4.